The SMILES string of the molecule is O=S(=O)(O[I+]1([O-])(O)(OS(=O)(=O)C(F)(F)F)OC(=[OH+])c2ccccc21)C(F)(F)F. The Morgan fingerprint density at radius 3 is 1.75 bits per heavy atom. The Labute approximate surface area is 151 Å². The van der Waals surface area contributed by atoms with Gasteiger partial charge in [-0.15, -0.1) is 0 Å². The van der Waals surface area contributed by atoms with Gasteiger partial charge in [-0.25, -0.2) is 0 Å². The molecule has 1 aliphatic rings. The summed E-state index contributed by atoms with van der Waals surface area (Å²) in [5, 5.41) is 0. The molecular weight excluding hydrogens is 573 g/mol. The summed E-state index contributed by atoms with van der Waals surface area (Å²) in [7, 11) is -14.7. The fourth-order valence-electron chi connectivity index (χ4n) is 1.76. The van der Waals surface area contributed by atoms with Crippen molar-refractivity contribution in [3.63, 3.8) is 0 Å². The third kappa shape index (κ3) is 3.33. The predicted octanol–water partition coefficient (Wildman–Crippen LogP) is -3.37. The van der Waals surface area contributed by atoms with Crippen LogP contribution in [0, 0.1) is 3.57 Å². The first-order valence-electron chi connectivity index (χ1n) is 6.02. The van der Waals surface area contributed by atoms with Crippen molar-refractivity contribution in [1.82, 2.24) is 0 Å². The maximum atomic E-state index is 13.1. The molecule has 0 amide bonds. The van der Waals surface area contributed by atoms with Gasteiger partial charge >= 0.3 is 151 Å². The molecule has 0 saturated heterocycles. The minimum atomic E-state index is -10.2. The van der Waals surface area contributed by atoms with Crippen LogP contribution in [0.4, 0.5) is 26.3 Å². The number of benzene rings is 1. The number of alkyl halides is 6. The molecule has 162 valence electrons. The first kappa shape index (κ1) is 23.0. The molecule has 28 heavy (non-hydrogen) atoms. The second kappa shape index (κ2) is 5.46. The van der Waals surface area contributed by atoms with E-state index in [1.807, 2.05) is 0 Å². The van der Waals surface area contributed by atoms with E-state index >= 15 is 0 Å². The number of hydrogen-bond donors (Lipinski definition) is 1. The van der Waals surface area contributed by atoms with E-state index in [9.17, 15) is 54.8 Å². The van der Waals surface area contributed by atoms with E-state index in [1.165, 1.54) is 0 Å². The molecule has 0 aliphatic carbocycles. The molecule has 10 nitrogen and oxygen atoms in total. The average Bonchev–Trinajstić information content (AvgIpc) is 2.61. The van der Waals surface area contributed by atoms with Gasteiger partial charge in [-0.05, 0) is 0 Å². The summed E-state index contributed by atoms with van der Waals surface area (Å²) in [5.74, 6) is -1.94. The van der Waals surface area contributed by atoms with Gasteiger partial charge in [-0.2, -0.15) is 0 Å². The molecule has 0 saturated carbocycles. The molecule has 1 aromatic carbocycles. The van der Waals surface area contributed by atoms with E-state index in [-0.39, 0.29) is 6.07 Å². The zero-order valence-electron chi connectivity index (χ0n) is 12.4. The van der Waals surface area contributed by atoms with Crippen LogP contribution in [0.3, 0.4) is 0 Å². The molecule has 0 unspecified atom stereocenters. The molecule has 2 N–H and O–H groups in total. The van der Waals surface area contributed by atoms with Gasteiger partial charge in [0.25, 0.3) is 0 Å². The fourth-order valence-corrected chi connectivity index (χ4v) is 16.4. The molecule has 0 aromatic heterocycles. The predicted molar refractivity (Wildman–Crippen MR) is 66.6 cm³/mol. The van der Waals surface area contributed by atoms with Crippen LogP contribution in [0.2, 0.25) is 0 Å². The van der Waals surface area contributed by atoms with Crippen LogP contribution in [0.1, 0.15) is 5.56 Å². The number of fused-ring (bicyclic) bond motifs is 1. The van der Waals surface area contributed by atoms with Gasteiger partial charge in [-0.1, -0.05) is 0 Å². The number of hydrogen-bond acceptors (Lipinski definition) is 9. The third-order valence-corrected chi connectivity index (χ3v) is 17.0. The van der Waals surface area contributed by atoms with Crippen molar-refractivity contribution in [2.45, 2.75) is 11.0 Å². The van der Waals surface area contributed by atoms with Crippen LogP contribution < -0.4 is 21.2 Å². The molecular formula is C9H6F6IO10S2+. The van der Waals surface area contributed by atoms with Gasteiger partial charge < -0.3 is 0 Å². The summed E-state index contributed by atoms with van der Waals surface area (Å²) in [6.45, 7) is 0. The Morgan fingerprint density at radius 2 is 1.36 bits per heavy atom. The summed E-state index contributed by atoms with van der Waals surface area (Å²) in [6, 6.07) is 2.26. The number of halogens is 7. The van der Waals surface area contributed by atoms with Gasteiger partial charge in [0, 0.05) is 0 Å². The van der Waals surface area contributed by atoms with Gasteiger partial charge in [0.1, 0.15) is 0 Å². The number of rotatable bonds is 4. The van der Waals surface area contributed by atoms with Gasteiger partial charge in [0.05, 0.1) is 0 Å². The summed E-state index contributed by atoms with van der Waals surface area (Å²) >= 11 is -10.2. The van der Waals surface area contributed by atoms with Crippen molar-refractivity contribution < 1.29 is 80.7 Å². The van der Waals surface area contributed by atoms with Crippen LogP contribution >= 0.6 is 0 Å². The van der Waals surface area contributed by atoms with E-state index < -0.39 is 64.1 Å². The Kier molecular flexibility index (Phi) is 4.49. The van der Waals surface area contributed by atoms with Crippen LogP contribution in [-0.2, 0) is 28.3 Å². The number of carbonyl (C=O) groups excluding carboxylic acids is 1. The molecule has 1 aliphatic heterocycles. The molecule has 1 aromatic rings. The first-order valence-corrected chi connectivity index (χ1v) is 14.4. The Bertz CT molecular complexity index is 1040. The van der Waals surface area contributed by atoms with Gasteiger partial charge in [0.2, 0.25) is 0 Å². The topological polar surface area (TPSA) is 161 Å². The van der Waals surface area contributed by atoms with Crippen molar-refractivity contribution in [2.24, 2.45) is 0 Å². The van der Waals surface area contributed by atoms with E-state index in [2.05, 4.69) is 8.09 Å². The maximum absolute atomic E-state index is 13.1. The van der Waals surface area contributed by atoms with Crippen LogP contribution in [0.15, 0.2) is 24.3 Å². The molecule has 0 bridgehead atoms. The Balaban J connectivity index is 2.96. The average molecular weight is 579 g/mol. The van der Waals surface area contributed by atoms with Crippen molar-refractivity contribution >= 4 is 26.2 Å². The van der Waals surface area contributed by atoms with Crippen molar-refractivity contribution in [3.05, 3.63) is 33.4 Å². The summed E-state index contributed by atoms with van der Waals surface area (Å²) in [6.07, 6.45) is 0. The molecule has 1 heterocycles. The van der Waals surface area contributed by atoms with E-state index in [0.29, 0.717) is 12.1 Å². The first-order chi connectivity index (χ1) is 12.1. The van der Waals surface area contributed by atoms with Crippen molar-refractivity contribution in [2.75, 3.05) is 0 Å². The molecule has 0 spiro atoms. The second-order valence-electron chi connectivity index (χ2n) is 4.83. The van der Waals surface area contributed by atoms with Gasteiger partial charge in [-0.3, -0.25) is 0 Å². The Morgan fingerprint density at radius 1 is 0.964 bits per heavy atom. The monoisotopic (exact) mass is 579 g/mol. The molecule has 19 heteroatoms. The molecule has 2 rings (SSSR count). The zero-order valence-corrected chi connectivity index (χ0v) is 16.2. The molecule has 0 atom stereocenters. The van der Waals surface area contributed by atoms with Gasteiger partial charge in [0.15, 0.2) is 0 Å². The van der Waals surface area contributed by atoms with Crippen molar-refractivity contribution in [3.8, 4) is 0 Å². The fraction of sp³-hybridized carbons (Fsp3) is 0.222. The molecule has 0 radical (unpaired) electrons. The summed E-state index contributed by atoms with van der Waals surface area (Å²) in [5.41, 5.74) is -14.3. The normalized spacial score (nSPS) is 23.5. The zero-order chi connectivity index (χ0) is 22.1. The van der Waals surface area contributed by atoms with E-state index in [1.54, 1.807) is 0 Å². The Hall–Kier alpha value is -1.26. The van der Waals surface area contributed by atoms with Crippen LogP contribution in [0.5, 0.6) is 0 Å². The van der Waals surface area contributed by atoms with Crippen LogP contribution in [-0.4, -0.2) is 42.1 Å². The minimum absolute atomic E-state index is 0.159. The van der Waals surface area contributed by atoms with Crippen LogP contribution in [0.25, 0.3) is 0 Å². The quantitative estimate of drug-likeness (QED) is 0.166. The second-order valence-corrected chi connectivity index (χ2v) is 17.6. The van der Waals surface area contributed by atoms with E-state index in [4.69, 9.17) is 0 Å². The molecule has 0 fully saturated rings. The third-order valence-electron chi connectivity index (χ3n) is 2.77. The van der Waals surface area contributed by atoms with Crippen molar-refractivity contribution in [1.29, 1.82) is 0 Å². The summed E-state index contributed by atoms with van der Waals surface area (Å²) < 4.78 is 153. The standard InChI is InChI=1S/C9H5F6IO10S2/c10-8(11,12)27(20,21)25-16(18,19,26-28(22,23)9(13,14)15)6-4-2-1-3-5(6)7(17)24-16/h1-4,18H/p+1. The summed E-state index contributed by atoms with van der Waals surface area (Å²) in [4.78, 5) is 9.51. The van der Waals surface area contributed by atoms with E-state index in [0.717, 1.165) is 6.07 Å².